The molecule has 0 bridgehead atoms. The highest BCUT2D eigenvalue weighted by Crippen LogP contribution is 2.39. The highest BCUT2D eigenvalue weighted by atomic mass is 31.2. The van der Waals surface area contributed by atoms with Crippen LogP contribution in [0.3, 0.4) is 0 Å². The highest BCUT2D eigenvalue weighted by Gasteiger charge is 2.48. The second-order valence-corrected chi connectivity index (χ2v) is 18.0. The van der Waals surface area contributed by atoms with Gasteiger partial charge in [0.05, 0.1) is 30.8 Å². The molecular formula is C41H90O12P2. The van der Waals surface area contributed by atoms with Crippen molar-refractivity contribution in [2.75, 3.05) is 19.8 Å². The summed E-state index contributed by atoms with van der Waals surface area (Å²) in [6.07, 6.45) is 43.0. The molecule has 0 unspecified atom stereocenters. The van der Waals surface area contributed by atoms with Crippen molar-refractivity contribution >= 4 is 15.6 Å². The van der Waals surface area contributed by atoms with E-state index in [1.807, 2.05) is 0 Å². The number of phosphoric acid groups is 2. The van der Waals surface area contributed by atoms with Crippen molar-refractivity contribution < 1.29 is 58.9 Å². The largest absolute Gasteiger partial charge is 0.466 e. The zero-order valence-corrected chi connectivity index (χ0v) is 37.1. The van der Waals surface area contributed by atoms with Crippen LogP contribution in [0.2, 0.25) is 0 Å². The normalized spacial score (nSPS) is 12.3. The Labute approximate surface area is 336 Å². The van der Waals surface area contributed by atoms with E-state index in [1.54, 1.807) is 0 Å². The van der Waals surface area contributed by atoms with E-state index in [0.717, 1.165) is 25.7 Å². The number of hydrogen-bond acceptors (Lipinski definition) is 6. The van der Waals surface area contributed by atoms with Gasteiger partial charge in [-0.2, -0.15) is 0 Å². The zero-order valence-electron chi connectivity index (χ0n) is 35.3. The first-order valence-electron chi connectivity index (χ1n) is 22.2. The van der Waals surface area contributed by atoms with Crippen LogP contribution in [-0.4, -0.2) is 75.2 Å². The number of unbranched alkanes of at least 4 members (excludes halogenated alkanes) is 30. The first-order chi connectivity index (χ1) is 26.1. The maximum atomic E-state index is 11.7. The van der Waals surface area contributed by atoms with Gasteiger partial charge in [0.2, 0.25) is 0 Å². The van der Waals surface area contributed by atoms with E-state index in [-0.39, 0.29) is 19.8 Å². The summed E-state index contributed by atoms with van der Waals surface area (Å²) in [6.45, 7) is 3.42. The molecule has 0 rings (SSSR count). The van der Waals surface area contributed by atoms with Crippen LogP contribution in [0.1, 0.15) is 232 Å². The summed E-state index contributed by atoms with van der Waals surface area (Å²) < 4.78 is 17.8. The number of aliphatic hydroxyl groups excluding tert-OH is 3. The average Bonchev–Trinajstić information content (AvgIpc) is 3.11. The van der Waals surface area contributed by atoms with Gasteiger partial charge in [-0.1, -0.05) is 219 Å². The van der Waals surface area contributed by atoms with Crippen LogP contribution in [0.25, 0.3) is 0 Å². The van der Waals surface area contributed by atoms with Gasteiger partial charge in [-0.3, -0.25) is 0 Å². The van der Waals surface area contributed by atoms with Crippen LogP contribution in [-0.2, 0) is 9.13 Å². The Bertz CT molecular complexity index is 783. The lowest BCUT2D eigenvalue weighted by Gasteiger charge is -2.44. The van der Waals surface area contributed by atoms with Crippen molar-refractivity contribution in [2.24, 2.45) is 5.41 Å². The summed E-state index contributed by atoms with van der Waals surface area (Å²) in [5.41, 5.74) is -2.44. The first-order valence-corrected chi connectivity index (χ1v) is 25.3. The molecule has 0 aliphatic heterocycles. The molecule has 0 aliphatic carbocycles. The third-order valence-electron chi connectivity index (χ3n) is 10.8. The summed E-state index contributed by atoms with van der Waals surface area (Å²) in [5, 5.41) is 42.0. The van der Waals surface area contributed by atoms with Gasteiger partial charge in [0, 0.05) is 0 Å². The Morgan fingerprint density at radius 1 is 0.327 bits per heavy atom. The molecule has 0 spiro atoms. The molecule has 0 saturated heterocycles. The molecule has 0 fully saturated rings. The molecule has 12 nitrogen and oxygen atoms in total. The first kappa shape index (κ1) is 59.4. The van der Waals surface area contributed by atoms with Gasteiger partial charge in [0.1, 0.15) is 0 Å². The lowest BCUT2D eigenvalue weighted by Crippen LogP contribution is -2.55. The number of aliphatic hydroxyl groups is 4. The molecule has 0 aromatic heterocycles. The van der Waals surface area contributed by atoms with Crippen molar-refractivity contribution in [3.8, 4) is 0 Å². The predicted molar refractivity (Wildman–Crippen MR) is 225 cm³/mol. The summed E-state index contributed by atoms with van der Waals surface area (Å²) in [6, 6.07) is 0. The molecule has 0 heterocycles. The lowest BCUT2D eigenvalue weighted by molar-refractivity contribution is -0.162. The standard InChI is InChI=1S/C41H84O4.2H3O4P/c1-3-5-7-9-11-13-15-17-19-21-23-25-27-29-31-33-35-41(45,40(37-42,38-43)39-44)36-34-32-30-28-26-24-22-20-18-16-14-12-10-8-6-4-2;2*1-5(2,3)4/h42-45H,3-39H2,1-2H3;2*(H3,1,2,3,4). The van der Waals surface area contributed by atoms with E-state index in [1.165, 1.54) is 180 Å². The Balaban J connectivity index is -0.00000237. The summed E-state index contributed by atoms with van der Waals surface area (Å²) >= 11 is 0. The van der Waals surface area contributed by atoms with Gasteiger partial charge >= 0.3 is 15.6 Å². The minimum Gasteiger partial charge on any atom is -0.395 e. The molecule has 0 aromatic carbocycles. The van der Waals surface area contributed by atoms with Gasteiger partial charge in [-0.25, -0.2) is 9.13 Å². The lowest BCUT2D eigenvalue weighted by atomic mass is 9.68. The van der Waals surface area contributed by atoms with E-state index in [2.05, 4.69) is 13.8 Å². The molecule has 14 heteroatoms. The van der Waals surface area contributed by atoms with Gasteiger partial charge in [0.25, 0.3) is 0 Å². The molecule has 55 heavy (non-hydrogen) atoms. The molecule has 0 aromatic rings. The molecule has 10 N–H and O–H groups in total. The third-order valence-corrected chi connectivity index (χ3v) is 10.8. The second kappa shape index (κ2) is 40.8. The third kappa shape index (κ3) is 46.6. The topological polar surface area (TPSA) is 236 Å². The SMILES string of the molecule is CCCCCCCCCCCCCCCCCCC(O)(CCCCCCCCCCCCCCCCCC)C(CO)(CO)CO.O=P(O)(O)O.O=P(O)(O)O. The molecule has 0 saturated carbocycles. The van der Waals surface area contributed by atoms with Gasteiger partial charge < -0.3 is 49.8 Å². The Kier molecular flexibility index (Phi) is 44.1. The maximum Gasteiger partial charge on any atom is 0.466 e. The Hall–Kier alpha value is 0.0600. The van der Waals surface area contributed by atoms with Crippen molar-refractivity contribution in [2.45, 2.75) is 238 Å². The Morgan fingerprint density at radius 3 is 0.618 bits per heavy atom. The van der Waals surface area contributed by atoms with Crippen molar-refractivity contribution in [1.82, 2.24) is 0 Å². The highest BCUT2D eigenvalue weighted by molar-refractivity contribution is 7.45. The second-order valence-electron chi connectivity index (χ2n) is 15.9. The van der Waals surface area contributed by atoms with E-state index < -0.39 is 26.7 Å². The number of rotatable bonds is 38. The van der Waals surface area contributed by atoms with Crippen molar-refractivity contribution in [3.63, 3.8) is 0 Å². The Morgan fingerprint density at radius 2 is 0.473 bits per heavy atom. The fourth-order valence-corrected chi connectivity index (χ4v) is 7.18. The molecule has 0 amide bonds. The van der Waals surface area contributed by atoms with Crippen LogP contribution >= 0.6 is 15.6 Å². The van der Waals surface area contributed by atoms with Gasteiger partial charge in [-0.05, 0) is 12.8 Å². The summed E-state index contributed by atoms with van der Waals surface area (Å²) in [5.74, 6) is 0. The summed E-state index contributed by atoms with van der Waals surface area (Å²) in [4.78, 5) is 43.1. The minimum absolute atomic E-state index is 0.381. The van der Waals surface area contributed by atoms with Crippen LogP contribution < -0.4 is 0 Å². The zero-order chi connectivity index (χ0) is 42.2. The predicted octanol–water partition coefficient (Wildman–Crippen LogP) is 10.1. The maximum absolute atomic E-state index is 11.7. The van der Waals surface area contributed by atoms with Crippen LogP contribution in [0, 0.1) is 5.41 Å². The smallest absolute Gasteiger partial charge is 0.395 e. The van der Waals surface area contributed by atoms with E-state index in [9.17, 15) is 20.4 Å². The monoisotopic (exact) mass is 837 g/mol. The van der Waals surface area contributed by atoms with Crippen molar-refractivity contribution in [3.05, 3.63) is 0 Å². The molecule has 0 radical (unpaired) electrons. The molecule has 0 aliphatic rings. The van der Waals surface area contributed by atoms with E-state index in [0.29, 0.717) is 12.8 Å². The molecular weight excluding hydrogens is 746 g/mol. The number of hydrogen-bond donors (Lipinski definition) is 10. The molecule has 336 valence electrons. The molecule has 0 atom stereocenters. The van der Waals surface area contributed by atoms with Crippen LogP contribution in [0.5, 0.6) is 0 Å². The average molecular weight is 837 g/mol. The summed E-state index contributed by atoms with van der Waals surface area (Å²) in [7, 11) is -9.28. The van der Waals surface area contributed by atoms with E-state index in [4.69, 9.17) is 38.5 Å². The van der Waals surface area contributed by atoms with Gasteiger partial charge in [-0.15, -0.1) is 0 Å². The van der Waals surface area contributed by atoms with Crippen LogP contribution in [0.4, 0.5) is 0 Å². The van der Waals surface area contributed by atoms with Crippen molar-refractivity contribution in [1.29, 1.82) is 0 Å². The minimum atomic E-state index is -4.64. The fraction of sp³-hybridized carbons (Fsp3) is 1.00. The quantitative estimate of drug-likeness (QED) is 0.0207. The van der Waals surface area contributed by atoms with Gasteiger partial charge in [0.15, 0.2) is 0 Å². The van der Waals surface area contributed by atoms with E-state index >= 15 is 0 Å². The fourth-order valence-electron chi connectivity index (χ4n) is 7.18. The van der Waals surface area contributed by atoms with Crippen LogP contribution in [0.15, 0.2) is 0 Å².